The lowest BCUT2D eigenvalue weighted by atomic mass is 9.98. The van der Waals surface area contributed by atoms with Gasteiger partial charge < -0.3 is 5.32 Å². The summed E-state index contributed by atoms with van der Waals surface area (Å²) in [5.74, 6) is 0. The van der Waals surface area contributed by atoms with E-state index < -0.39 is 0 Å². The summed E-state index contributed by atoms with van der Waals surface area (Å²) in [5.41, 5.74) is 3.71. The number of hydrogen-bond acceptors (Lipinski definition) is 3. The minimum Gasteiger partial charge on any atom is -0.308 e. The van der Waals surface area contributed by atoms with Crippen molar-refractivity contribution in [3.63, 3.8) is 0 Å². The highest BCUT2D eigenvalue weighted by Crippen LogP contribution is 2.30. The molecule has 0 saturated carbocycles. The van der Waals surface area contributed by atoms with Crippen LogP contribution in [0.15, 0.2) is 29.1 Å². The van der Waals surface area contributed by atoms with E-state index in [2.05, 4.69) is 55.9 Å². The van der Waals surface area contributed by atoms with Gasteiger partial charge in [-0.25, -0.2) is 0 Å². The molecule has 0 aromatic carbocycles. The first-order valence-electron chi connectivity index (χ1n) is 7.04. The number of rotatable bonds is 6. The van der Waals surface area contributed by atoms with Crippen molar-refractivity contribution >= 4 is 15.9 Å². The van der Waals surface area contributed by atoms with Gasteiger partial charge in [0.15, 0.2) is 0 Å². The van der Waals surface area contributed by atoms with E-state index >= 15 is 0 Å². The highest BCUT2D eigenvalue weighted by molar-refractivity contribution is 9.10. The van der Waals surface area contributed by atoms with Crippen LogP contribution in [-0.2, 0) is 13.0 Å². The fourth-order valence-corrected chi connectivity index (χ4v) is 3.03. The van der Waals surface area contributed by atoms with Crippen LogP contribution in [0, 0.1) is 0 Å². The predicted molar refractivity (Wildman–Crippen MR) is 84.7 cm³/mol. The van der Waals surface area contributed by atoms with E-state index in [1.54, 1.807) is 0 Å². The molecule has 2 aromatic heterocycles. The van der Waals surface area contributed by atoms with Gasteiger partial charge >= 0.3 is 0 Å². The maximum absolute atomic E-state index is 4.47. The number of nitrogens with one attached hydrogen (secondary N) is 1. The third kappa shape index (κ3) is 2.94. The highest BCUT2D eigenvalue weighted by atomic mass is 79.9. The zero-order chi connectivity index (χ0) is 14.5. The summed E-state index contributed by atoms with van der Waals surface area (Å²) in [5, 5.41) is 7.89. The molecule has 0 aliphatic rings. The van der Waals surface area contributed by atoms with E-state index in [0.717, 1.165) is 23.9 Å². The van der Waals surface area contributed by atoms with Crippen molar-refractivity contribution in [1.29, 1.82) is 0 Å². The summed E-state index contributed by atoms with van der Waals surface area (Å²) in [6, 6.07) is 2.21. The Balaban J connectivity index is 2.49. The average molecular weight is 337 g/mol. The second kappa shape index (κ2) is 6.99. The molecule has 1 N–H and O–H groups in total. The summed E-state index contributed by atoms with van der Waals surface area (Å²) < 4.78 is 3.12. The molecule has 1 unspecified atom stereocenters. The molecule has 0 saturated heterocycles. The zero-order valence-corrected chi connectivity index (χ0v) is 13.8. The molecule has 1 atom stereocenters. The van der Waals surface area contributed by atoms with E-state index in [-0.39, 0.29) is 6.04 Å². The second-order valence-corrected chi connectivity index (χ2v) is 5.60. The largest absolute Gasteiger partial charge is 0.308 e. The van der Waals surface area contributed by atoms with Crippen molar-refractivity contribution in [1.82, 2.24) is 20.1 Å². The van der Waals surface area contributed by atoms with Gasteiger partial charge in [-0.2, -0.15) is 5.10 Å². The molecule has 108 valence electrons. The summed E-state index contributed by atoms with van der Waals surface area (Å²) in [7, 11) is 1.99. The molecule has 0 amide bonds. The number of halogens is 1. The molecule has 20 heavy (non-hydrogen) atoms. The Morgan fingerprint density at radius 1 is 1.35 bits per heavy atom. The molecule has 0 aliphatic carbocycles. The second-order valence-electron chi connectivity index (χ2n) is 4.75. The summed E-state index contributed by atoms with van der Waals surface area (Å²) in [6.45, 7) is 5.24. The van der Waals surface area contributed by atoms with E-state index in [4.69, 9.17) is 0 Å². The van der Waals surface area contributed by atoms with Crippen molar-refractivity contribution < 1.29 is 0 Å². The maximum Gasteiger partial charge on any atom is 0.0761 e. The van der Waals surface area contributed by atoms with Crippen molar-refractivity contribution in [2.75, 3.05) is 7.05 Å². The zero-order valence-electron chi connectivity index (χ0n) is 12.2. The van der Waals surface area contributed by atoms with Crippen LogP contribution >= 0.6 is 15.9 Å². The summed E-state index contributed by atoms with van der Waals surface area (Å²) >= 11 is 3.63. The molecule has 5 heteroatoms. The van der Waals surface area contributed by atoms with Gasteiger partial charge in [-0.15, -0.1) is 0 Å². The standard InChI is InChI=1S/C15H21BrN4/c1-4-8-20-15(13(16)10-19-20)14(17-3)12-6-7-18-9-11(12)5-2/h6-7,9-10,14,17H,4-5,8H2,1-3H3. The Labute approximate surface area is 128 Å². The lowest BCUT2D eigenvalue weighted by Crippen LogP contribution is -2.23. The van der Waals surface area contributed by atoms with Crippen LogP contribution in [0.3, 0.4) is 0 Å². The molecule has 0 aliphatic heterocycles. The van der Waals surface area contributed by atoms with E-state index in [1.807, 2.05) is 25.6 Å². The Bertz CT molecular complexity index is 565. The molecule has 0 fully saturated rings. The smallest absolute Gasteiger partial charge is 0.0761 e. The van der Waals surface area contributed by atoms with Gasteiger partial charge in [-0.3, -0.25) is 9.67 Å². The van der Waals surface area contributed by atoms with Crippen LogP contribution in [0.1, 0.15) is 43.1 Å². The van der Waals surface area contributed by atoms with Crippen LogP contribution in [0.5, 0.6) is 0 Å². The molecule has 0 radical (unpaired) electrons. The van der Waals surface area contributed by atoms with Crippen LogP contribution in [0.25, 0.3) is 0 Å². The van der Waals surface area contributed by atoms with Gasteiger partial charge in [0, 0.05) is 18.9 Å². The molecule has 0 bridgehead atoms. The topological polar surface area (TPSA) is 42.7 Å². The Morgan fingerprint density at radius 3 is 2.80 bits per heavy atom. The molecule has 2 rings (SSSR count). The van der Waals surface area contributed by atoms with Gasteiger partial charge in [-0.1, -0.05) is 13.8 Å². The lowest BCUT2D eigenvalue weighted by Gasteiger charge is -2.21. The van der Waals surface area contributed by atoms with Crippen LogP contribution < -0.4 is 5.32 Å². The van der Waals surface area contributed by atoms with Gasteiger partial charge in [0.25, 0.3) is 0 Å². The molecule has 4 nitrogen and oxygen atoms in total. The molecule has 2 heterocycles. The van der Waals surface area contributed by atoms with Crippen molar-refractivity contribution in [3.8, 4) is 0 Å². The van der Waals surface area contributed by atoms with Gasteiger partial charge in [0.2, 0.25) is 0 Å². The fourth-order valence-electron chi connectivity index (χ4n) is 2.50. The average Bonchev–Trinajstić information content (AvgIpc) is 2.83. The van der Waals surface area contributed by atoms with Crippen LogP contribution in [0.2, 0.25) is 0 Å². The lowest BCUT2D eigenvalue weighted by molar-refractivity contribution is 0.531. The maximum atomic E-state index is 4.47. The normalized spacial score (nSPS) is 12.6. The Morgan fingerprint density at radius 2 is 2.15 bits per heavy atom. The summed E-state index contributed by atoms with van der Waals surface area (Å²) in [4.78, 5) is 4.23. The first-order valence-corrected chi connectivity index (χ1v) is 7.83. The number of nitrogens with zero attached hydrogens (tertiary/aromatic N) is 3. The third-order valence-corrected chi connectivity index (χ3v) is 4.07. The van der Waals surface area contributed by atoms with Gasteiger partial charge in [-0.05, 0) is 53.0 Å². The fraction of sp³-hybridized carbons (Fsp3) is 0.467. The first kappa shape index (κ1) is 15.2. The number of hydrogen-bond donors (Lipinski definition) is 1. The van der Waals surface area contributed by atoms with E-state index in [0.29, 0.717) is 0 Å². The molecule has 2 aromatic rings. The van der Waals surface area contributed by atoms with Gasteiger partial charge in [0.1, 0.15) is 0 Å². The molecular weight excluding hydrogens is 316 g/mol. The number of pyridine rings is 1. The summed E-state index contributed by atoms with van der Waals surface area (Å²) in [6.07, 6.45) is 7.72. The van der Waals surface area contributed by atoms with Crippen LogP contribution in [-0.4, -0.2) is 21.8 Å². The van der Waals surface area contributed by atoms with Crippen molar-refractivity contribution in [2.45, 2.75) is 39.3 Å². The molecule has 0 spiro atoms. The van der Waals surface area contributed by atoms with Gasteiger partial charge in [0.05, 0.1) is 22.4 Å². The number of aromatic nitrogens is 3. The highest BCUT2D eigenvalue weighted by Gasteiger charge is 2.22. The predicted octanol–water partition coefficient (Wildman–Crippen LogP) is 3.32. The van der Waals surface area contributed by atoms with E-state index in [1.165, 1.54) is 16.8 Å². The first-order chi connectivity index (χ1) is 9.72. The monoisotopic (exact) mass is 336 g/mol. The van der Waals surface area contributed by atoms with Crippen molar-refractivity contribution in [2.24, 2.45) is 0 Å². The quantitative estimate of drug-likeness (QED) is 0.879. The van der Waals surface area contributed by atoms with E-state index in [9.17, 15) is 0 Å². The SMILES string of the molecule is CCCn1ncc(Br)c1C(NC)c1ccncc1CC. The number of aryl methyl sites for hydroxylation is 2. The molecular formula is C15H21BrN4. The third-order valence-electron chi connectivity index (χ3n) is 3.46. The Hall–Kier alpha value is -1.20. The van der Waals surface area contributed by atoms with Crippen molar-refractivity contribution in [3.05, 3.63) is 46.0 Å². The van der Waals surface area contributed by atoms with Crippen LogP contribution in [0.4, 0.5) is 0 Å². The minimum atomic E-state index is 0.122. The minimum absolute atomic E-state index is 0.122. The Kier molecular flexibility index (Phi) is 5.31.